The van der Waals surface area contributed by atoms with Crippen molar-refractivity contribution in [3.05, 3.63) is 82.3 Å². The summed E-state index contributed by atoms with van der Waals surface area (Å²) in [4.78, 5) is 34.6. The summed E-state index contributed by atoms with van der Waals surface area (Å²) >= 11 is 0. The Balaban J connectivity index is 1.48. The van der Waals surface area contributed by atoms with Gasteiger partial charge in [-0.1, -0.05) is 44.2 Å². The highest BCUT2D eigenvalue weighted by Gasteiger charge is 2.22. The van der Waals surface area contributed by atoms with Gasteiger partial charge in [-0.15, -0.1) is 0 Å². The van der Waals surface area contributed by atoms with Gasteiger partial charge in [0.15, 0.2) is 0 Å². The fourth-order valence-corrected chi connectivity index (χ4v) is 4.09. The number of aryl methyl sites for hydroxylation is 1. The third kappa shape index (κ3) is 5.42. The Morgan fingerprint density at radius 2 is 1.61 bits per heavy atom. The van der Waals surface area contributed by atoms with Crippen molar-refractivity contribution in [2.24, 2.45) is 0 Å². The first kappa shape index (κ1) is 22.6. The van der Waals surface area contributed by atoms with Gasteiger partial charge in [0.05, 0.1) is 0 Å². The van der Waals surface area contributed by atoms with E-state index in [4.69, 9.17) is 0 Å². The number of hydrogen-bond donors (Lipinski definition) is 1. The highest BCUT2D eigenvalue weighted by atomic mass is 16.2. The highest BCUT2D eigenvalue weighted by Crippen LogP contribution is 2.20. The van der Waals surface area contributed by atoms with Crippen LogP contribution in [0.5, 0.6) is 0 Å². The number of para-hydroxylation sites is 1. The summed E-state index contributed by atoms with van der Waals surface area (Å²) < 4.78 is 1.48. The number of nitrogens with zero attached hydrogens (tertiary/aromatic N) is 4. The average Bonchev–Trinajstić information content (AvgIpc) is 2.81. The number of benzene rings is 2. The van der Waals surface area contributed by atoms with Crippen LogP contribution in [0.3, 0.4) is 0 Å². The number of nitrogens with one attached hydrogen (secondary N) is 1. The van der Waals surface area contributed by atoms with Crippen LogP contribution in [0.4, 0.5) is 17.3 Å². The van der Waals surface area contributed by atoms with Crippen molar-refractivity contribution in [1.82, 2.24) is 9.55 Å². The third-order valence-electron chi connectivity index (χ3n) is 5.96. The van der Waals surface area contributed by atoms with E-state index in [2.05, 4.69) is 46.1 Å². The van der Waals surface area contributed by atoms with Crippen LogP contribution in [-0.4, -0.2) is 41.6 Å². The zero-order chi connectivity index (χ0) is 23.4. The molecule has 0 bridgehead atoms. The minimum atomic E-state index is -0.246. The van der Waals surface area contributed by atoms with E-state index in [0.717, 1.165) is 31.9 Å². The maximum atomic E-state index is 12.8. The van der Waals surface area contributed by atoms with E-state index in [0.29, 0.717) is 17.6 Å². The van der Waals surface area contributed by atoms with Crippen molar-refractivity contribution in [3.63, 3.8) is 0 Å². The maximum absolute atomic E-state index is 12.8. The van der Waals surface area contributed by atoms with Crippen molar-refractivity contribution >= 4 is 23.2 Å². The van der Waals surface area contributed by atoms with Crippen LogP contribution < -0.4 is 20.7 Å². The SMILES string of the molecule is Cc1cc(=O)n(CC(=O)Nc2ccc(C(C)C)cc2)c(N2CCN(c3ccccc3)CC2)n1. The van der Waals surface area contributed by atoms with Crippen LogP contribution in [0.15, 0.2) is 65.5 Å². The molecule has 0 aliphatic carbocycles. The number of carbonyl (C=O) groups excluding carboxylic acids is 1. The van der Waals surface area contributed by atoms with Crippen molar-refractivity contribution in [3.8, 4) is 0 Å². The molecule has 1 aromatic heterocycles. The monoisotopic (exact) mass is 445 g/mol. The summed E-state index contributed by atoms with van der Waals surface area (Å²) in [7, 11) is 0. The van der Waals surface area contributed by atoms with Crippen LogP contribution in [0.1, 0.15) is 31.0 Å². The predicted octanol–water partition coefficient (Wildman–Crippen LogP) is 3.64. The molecule has 0 atom stereocenters. The van der Waals surface area contributed by atoms with Gasteiger partial charge in [-0.3, -0.25) is 14.2 Å². The average molecular weight is 446 g/mol. The molecule has 1 saturated heterocycles. The van der Waals surface area contributed by atoms with Gasteiger partial charge in [0.2, 0.25) is 11.9 Å². The number of carbonyl (C=O) groups is 1. The molecule has 3 aromatic rings. The summed E-state index contributed by atoms with van der Waals surface area (Å²) in [6.07, 6.45) is 0. The Kier molecular flexibility index (Phi) is 6.77. The van der Waals surface area contributed by atoms with Gasteiger partial charge in [0.1, 0.15) is 6.54 Å². The van der Waals surface area contributed by atoms with E-state index in [9.17, 15) is 9.59 Å². The van der Waals surface area contributed by atoms with Crippen molar-refractivity contribution in [2.45, 2.75) is 33.2 Å². The zero-order valence-corrected chi connectivity index (χ0v) is 19.5. The predicted molar refractivity (Wildman–Crippen MR) is 133 cm³/mol. The molecule has 0 unspecified atom stereocenters. The van der Waals surface area contributed by atoms with Crippen LogP contribution in [0.25, 0.3) is 0 Å². The highest BCUT2D eigenvalue weighted by molar-refractivity contribution is 5.90. The Morgan fingerprint density at radius 3 is 2.24 bits per heavy atom. The van der Waals surface area contributed by atoms with Gasteiger partial charge in [-0.2, -0.15) is 0 Å². The lowest BCUT2D eigenvalue weighted by atomic mass is 10.0. The van der Waals surface area contributed by atoms with Crippen LogP contribution in [-0.2, 0) is 11.3 Å². The second-order valence-electron chi connectivity index (χ2n) is 8.76. The van der Waals surface area contributed by atoms with E-state index >= 15 is 0 Å². The van der Waals surface area contributed by atoms with Gasteiger partial charge in [-0.25, -0.2) is 4.98 Å². The number of hydrogen-bond acceptors (Lipinski definition) is 5. The molecule has 4 rings (SSSR count). The van der Waals surface area contributed by atoms with Crippen LogP contribution in [0, 0.1) is 6.92 Å². The number of rotatable bonds is 6. The summed E-state index contributed by atoms with van der Waals surface area (Å²) in [5.74, 6) is 0.735. The lowest BCUT2D eigenvalue weighted by Gasteiger charge is -2.37. The molecular weight excluding hydrogens is 414 g/mol. The van der Waals surface area contributed by atoms with Crippen LogP contribution in [0.2, 0.25) is 0 Å². The molecule has 0 radical (unpaired) electrons. The summed E-state index contributed by atoms with van der Waals surface area (Å²) in [5.41, 5.74) is 3.56. The topological polar surface area (TPSA) is 70.5 Å². The van der Waals surface area contributed by atoms with Gasteiger partial charge in [-0.05, 0) is 42.7 Å². The minimum absolute atomic E-state index is 0.0771. The molecule has 1 aliphatic heterocycles. The minimum Gasteiger partial charge on any atom is -0.368 e. The van der Waals surface area contributed by atoms with Crippen molar-refractivity contribution in [2.75, 3.05) is 41.3 Å². The smallest absolute Gasteiger partial charge is 0.255 e. The molecule has 0 saturated carbocycles. The maximum Gasteiger partial charge on any atom is 0.255 e. The standard InChI is InChI=1S/C26H31N5O2/c1-19(2)21-9-11-22(12-10-21)28-24(32)18-31-25(33)17-20(3)27-26(31)30-15-13-29(14-16-30)23-7-5-4-6-8-23/h4-12,17,19H,13-16,18H2,1-3H3,(H,28,32). The van der Waals surface area contributed by atoms with Crippen molar-refractivity contribution < 1.29 is 4.79 Å². The molecule has 1 aliphatic rings. The quantitative estimate of drug-likeness (QED) is 0.627. The van der Waals surface area contributed by atoms with Gasteiger partial charge >= 0.3 is 0 Å². The van der Waals surface area contributed by atoms with Gasteiger partial charge in [0.25, 0.3) is 5.56 Å². The molecule has 2 heterocycles. The fraction of sp³-hybridized carbons (Fsp3) is 0.346. The van der Waals surface area contributed by atoms with E-state index in [-0.39, 0.29) is 18.0 Å². The molecule has 7 heteroatoms. The summed E-state index contributed by atoms with van der Waals surface area (Å²) in [6, 6.07) is 19.6. The van der Waals surface area contributed by atoms with E-state index < -0.39 is 0 Å². The zero-order valence-electron chi connectivity index (χ0n) is 19.5. The second-order valence-corrected chi connectivity index (χ2v) is 8.76. The Bertz CT molecular complexity index is 1150. The van der Waals surface area contributed by atoms with Gasteiger partial charge in [0, 0.05) is 49.3 Å². The molecule has 7 nitrogen and oxygen atoms in total. The van der Waals surface area contributed by atoms with E-state index in [1.807, 2.05) is 49.4 Å². The molecule has 0 spiro atoms. The molecule has 172 valence electrons. The lowest BCUT2D eigenvalue weighted by molar-refractivity contribution is -0.116. The Labute approximate surface area is 194 Å². The molecule has 2 aromatic carbocycles. The number of anilines is 3. The first-order valence-corrected chi connectivity index (χ1v) is 11.4. The van der Waals surface area contributed by atoms with Gasteiger partial charge < -0.3 is 15.1 Å². The fourth-order valence-electron chi connectivity index (χ4n) is 4.09. The first-order chi connectivity index (χ1) is 15.9. The molecule has 1 amide bonds. The number of aromatic nitrogens is 2. The van der Waals surface area contributed by atoms with Crippen molar-refractivity contribution in [1.29, 1.82) is 0 Å². The van der Waals surface area contributed by atoms with Crippen LogP contribution >= 0.6 is 0 Å². The molecular formula is C26H31N5O2. The van der Waals surface area contributed by atoms with E-state index in [1.165, 1.54) is 21.9 Å². The number of amides is 1. The Hall–Kier alpha value is -3.61. The number of piperazine rings is 1. The Morgan fingerprint density at radius 1 is 0.970 bits per heavy atom. The molecule has 33 heavy (non-hydrogen) atoms. The third-order valence-corrected chi connectivity index (χ3v) is 5.96. The molecule has 1 fully saturated rings. The first-order valence-electron chi connectivity index (χ1n) is 11.4. The second kappa shape index (κ2) is 9.90. The largest absolute Gasteiger partial charge is 0.368 e. The van der Waals surface area contributed by atoms with E-state index in [1.54, 1.807) is 0 Å². The normalized spacial score (nSPS) is 13.9. The summed E-state index contributed by atoms with van der Waals surface area (Å²) in [5, 5.41) is 2.90. The summed E-state index contributed by atoms with van der Waals surface area (Å²) in [6.45, 7) is 9.09. The lowest BCUT2D eigenvalue weighted by Crippen LogP contribution is -2.48. The molecule has 1 N–H and O–H groups in total.